The van der Waals surface area contributed by atoms with E-state index in [9.17, 15) is 86.3 Å². The highest BCUT2D eigenvalue weighted by molar-refractivity contribution is 6.39. The number of likely N-dealkylation sites (tertiary alicyclic amines) is 3. The van der Waals surface area contributed by atoms with Gasteiger partial charge in [-0.05, 0) is 227 Å². The van der Waals surface area contributed by atoms with Gasteiger partial charge in [0.1, 0.15) is 71.7 Å². The summed E-state index contributed by atoms with van der Waals surface area (Å²) in [5.74, 6) is -8.84. The molecule has 10 saturated carbocycles. The van der Waals surface area contributed by atoms with Gasteiger partial charge >= 0.3 is 36.0 Å². The third kappa shape index (κ3) is 27.0. The number of primary amides is 3. The number of ketones is 3. The lowest BCUT2D eigenvalue weighted by molar-refractivity contribution is -0.161. The van der Waals surface area contributed by atoms with E-state index in [0.717, 1.165) is 122 Å². The first-order valence-electron chi connectivity index (χ1n) is 52.2. The summed E-state index contributed by atoms with van der Waals surface area (Å²) in [7, 11) is 0. The number of esters is 3. The number of piperidine rings is 3. The summed E-state index contributed by atoms with van der Waals surface area (Å²) in [6.07, 6.45) is 20.2. The normalized spacial score (nSPS) is 26.5. The number of amides is 15. The summed E-state index contributed by atoms with van der Waals surface area (Å²) in [6, 6.07) is -13.5. The number of nitrogens with one attached hydrogen (secondary N) is 9. The van der Waals surface area contributed by atoms with E-state index in [1.165, 1.54) is 4.90 Å². The highest BCUT2D eigenvalue weighted by Gasteiger charge is 2.73. The highest BCUT2D eigenvalue weighted by atomic mass is 16.6. The molecule has 13 aliphatic rings. The fourth-order valence-electron chi connectivity index (χ4n) is 23.4. The third-order valence-electron chi connectivity index (χ3n) is 33.2. The van der Waals surface area contributed by atoms with Gasteiger partial charge in [0, 0.05) is 19.6 Å². The molecular weight excluding hydrogens is 1810 g/mol. The molecule has 36 heteroatoms. The molecule has 790 valence electrons. The number of carbonyl (C=O) groups excluding carboxylic acids is 18. The largest absolute Gasteiger partial charge is 0.460 e. The van der Waals surface area contributed by atoms with Crippen molar-refractivity contribution in [1.29, 1.82) is 0 Å². The predicted octanol–water partition coefficient (Wildman–Crippen LogP) is 9.08. The van der Waals surface area contributed by atoms with Gasteiger partial charge in [0.25, 0.3) is 17.7 Å². The van der Waals surface area contributed by atoms with Crippen molar-refractivity contribution in [3.63, 3.8) is 0 Å². The molecule has 15 N–H and O–H groups in total. The fraction of sp³-hybridized carbons (Fsp3) is 0.829. The van der Waals surface area contributed by atoms with Gasteiger partial charge in [-0.25, -0.2) is 28.8 Å². The molecule has 13 fully saturated rings. The molecule has 3 heterocycles. The second-order valence-electron chi connectivity index (χ2n) is 52.1. The SMILES string of the molecule is CC(C)(C)OC(=O)[C@@H](NC(=O)N[C@H](C(=O)N1C[C@H]2[C@@H]([C@H]1C(=O)NC(CC1CCC1)C(=O)C(N)=O)C2(C)C)C1(C)CCCC1)C(C)(C)C.CC(C)(C)OC(=O)[C@H](NC(=O)N[C@H](C(=O)N1C[C@H]2[C@@H]([C@H]1C(=O)NC(CC1CCC1)C(=O)C(N)=O)C2(C)C)C1CCCCC1)C(C)(C)C.CC(C)(C)[C@H](NC(=O)N[C@H](C(=O)N1C[C@H]2[C@@H]([C@H]1C(=O)NC(CC1CC1)C(=O)C(N)=O)C2(C)C)C(C)(C)C)C(=O)OC(C1CC1)C1CC1. The van der Waals surface area contributed by atoms with E-state index in [0.29, 0.717) is 63.6 Å². The molecule has 3 aliphatic heterocycles. The number of nitrogens with two attached hydrogens (primary N) is 3. The summed E-state index contributed by atoms with van der Waals surface area (Å²) >= 11 is 0. The molecule has 0 aromatic carbocycles. The van der Waals surface area contributed by atoms with Crippen LogP contribution in [0.1, 0.15) is 327 Å². The van der Waals surface area contributed by atoms with Crippen molar-refractivity contribution in [3.05, 3.63) is 0 Å². The number of hydrogen-bond acceptors (Lipinski definition) is 21. The van der Waals surface area contributed by atoms with Crippen LogP contribution in [0.15, 0.2) is 0 Å². The smallest absolute Gasteiger partial charge is 0.329 e. The lowest BCUT2D eigenvalue weighted by Crippen LogP contribution is -2.63. The number of nitrogens with zero attached hydrogens (tertiary/aromatic N) is 3. The Kier molecular flexibility index (Phi) is 33.5. The van der Waals surface area contributed by atoms with Gasteiger partial charge in [-0.1, -0.05) is 215 Å². The maximum absolute atomic E-state index is 14.6. The predicted molar refractivity (Wildman–Crippen MR) is 524 cm³/mol. The molecule has 3 unspecified atom stereocenters. The quantitative estimate of drug-likeness (QED) is 0.0160. The van der Waals surface area contributed by atoms with Crippen molar-refractivity contribution in [2.45, 2.75) is 417 Å². The van der Waals surface area contributed by atoms with Crippen LogP contribution in [0.25, 0.3) is 0 Å². The number of rotatable bonds is 35. The first kappa shape index (κ1) is 112. The van der Waals surface area contributed by atoms with E-state index < -0.39 is 205 Å². The van der Waals surface area contributed by atoms with Crippen LogP contribution in [-0.2, 0) is 86.1 Å². The Morgan fingerprint density at radius 3 is 0.936 bits per heavy atom. The molecule has 0 aromatic heterocycles. The number of Topliss-reactive ketones (excluding diaryl/α,β-unsaturated/α-hetero) is 3. The zero-order chi connectivity index (χ0) is 105. The number of hydrogen-bond donors (Lipinski definition) is 12. The summed E-state index contributed by atoms with van der Waals surface area (Å²) < 4.78 is 17.2. The summed E-state index contributed by atoms with van der Waals surface area (Å²) in [5.41, 5.74) is 10.6. The molecule has 15 amide bonds. The minimum atomic E-state index is -1.10. The molecule has 141 heavy (non-hydrogen) atoms. The van der Waals surface area contributed by atoms with E-state index in [1.54, 1.807) is 51.3 Å². The van der Waals surface area contributed by atoms with Crippen molar-refractivity contribution in [3.8, 4) is 0 Å². The Morgan fingerprint density at radius 1 is 0.326 bits per heavy atom. The van der Waals surface area contributed by atoms with E-state index in [4.69, 9.17) is 31.4 Å². The number of urea groups is 3. The van der Waals surface area contributed by atoms with Crippen molar-refractivity contribution >= 4 is 107 Å². The monoisotopic (exact) mass is 1980 g/mol. The van der Waals surface area contributed by atoms with Gasteiger partial charge in [-0.3, -0.25) is 57.5 Å². The summed E-state index contributed by atoms with van der Waals surface area (Å²) in [4.78, 5) is 244. The molecule has 10 aliphatic carbocycles. The van der Waals surface area contributed by atoms with Gasteiger partial charge < -0.3 is 94.0 Å². The Labute approximate surface area is 833 Å². The number of fused-ring (bicyclic) bond motifs is 3. The Hall–Kier alpha value is -9.54. The van der Waals surface area contributed by atoms with Crippen LogP contribution in [0.2, 0.25) is 0 Å². The lowest BCUT2D eigenvalue weighted by Gasteiger charge is -2.40. The molecule has 3 saturated heterocycles. The topological polar surface area (TPSA) is 531 Å². The standard InChI is InChI=1S/C35H55N5O7.2C35H57N5O7/c1-33(2,3)26(38-32(46)39-27(34(4,5)6)31(45)47-25(18-11-12-18)19-13-14-19)30(44)40-16-20-22(35(20,7)8)23(40)29(43)37-21(15-17-9-10-17)24(41)28(36)42;1-32(2,3)26(30(45)47-33(4,5)6)39-31(46)38-25(35(9)15-10-11-16-35)29(44)40-18-20-22(34(20,7)8)23(40)28(43)37-21(24(41)27(36)42)17-19-13-12-14-19;1-33(2,3)27(31(45)47-34(4,5)6)39-32(46)38-24(20-15-10-9-11-16-20)30(44)40-18-21-23(35(21,7)8)25(40)29(43)37-22(26(41)28(36)42)17-19-13-12-14-19/h17-23,25-27H,9-16H2,1-8H3,(H2,36,42)(H,37,43)(H2,38,39,46);19-23,25-26H,10-18H2,1-9H3,(H2,36,42)(H,37,43)(H2,38,39,46);19-25,27H,9-18H2,1-8H3,(H2,36,42)(H,37,43)(H2,38,39,46)/t20-,21?,22-,23-,26+,27+;20-,21?,22-,23-,25+,26+;21-,22?,23-,24-,25-,27-/m000/s1. The lowest BCUT2D eigenvalue weighted by atomic mass is 9.79. The van der Waals surface area contributed by atoms with Gasteiger partial charge in [0.2, 0.25) is 52.8 Å². The van der Waals surface area contributed by atoms with E-state index in [-0.39, 0.29) is 93.3 Å². The van der Waals surface area contributed by atoms with Crippen LogP contribution < -0.4 is 65.1 Å². The summed E-state index contributed by atoms with van der Waals surface area (Å²) in [5, 5.41) is 25.5. The minimum Gasteiger partial charge on any atom is -0.460 e. The summed E-state index contributed by atoms with van der Waals surface area (Å²) in [6.45, 7) is 47.9. The van der Waals surface area contributed by atoms with E-state index in [1.807, 2.05) is 90.0 Å². The second-order valence-corrected chi connectivity index (χ2v) is 52.1. The Balaban J connectivity index is 0.000000202. The van der Waals surface area contributed by atoms with Gasteiger partial charge in [-0.2, -0.15) is 0 Å². The zero-order valence-electron chi connectivity index (χ0n) is 88.7. The minimum absolute atomic E-state index is 0.0660. The van der Waals surface area contributed by atoms with E-state index >= 15 is 0 Å². The van der Waals surface area contributed by atoms with Gasteiger partial charge in [0.15, 0.2) is 0 Å². The van der Waals surface area contributed by atoms with Crippen molar-refractivity contribution in [2.75, 3.05) is 19.6 Å². The molecule has 0 bridgehead atoms. The highest BCUT2D eigenvalue weighted by Crippen LogP contribution is 2.68. The van der Waals surface area contributed by atoms with Crippen molar-refractivity contribution in [1.82, 2.24) is 62.6 Å². The maximum Gasteiger partial charge on any atom is 0.329 e. The Morgan fingerprint density at radius 2 is 0.631 bits per heavy atom. The zero-order valence-corrected chi connectivity index (χ0v) is 88.7. The van der Waals surface area contributed by atoms with Crippen LogP contribution in [0, 0.1) is 114 Å². The first-order valence-corrected chi connectivity index (χ1v) is 52.2. The average molecular weight is 1980 g/mol. The van der Waals surface area contributed by atoms with Crippen LogP contribution in [0.5, 0.6) is 0 Å². The van der Waals surface area contributed by atoms with Crippen molar-refractivity contribution < 1.29 is 101 Å². The van der Waals surface area contributed by atoms with Crippen molar-refractivity contribution in [2.24, 2.45) is 132 Å². The van der Waals surface area contributed by atoms with Crippen LogP contribution in [-0.4, -0.2) is 231 Å². The maximum atomic E-state index is 14.6. The van der Waals surface area contributed by atoms with Gasteiger partial charge in [-0.15, -0.1) is 0 Å². The second kappa shape index (κ2) is 42.3. The number of carbonyl (C=O) groups is 18. The number of ether oxygens (including phenoxy) is 3. The van der Waals surface area contributed by atoms with Crippen LogP contribution >= 0.6 is 0 Å². The van der Waals surface area contributed by atoms with Gasteiger partial charge in [0.05, 0.1) is 18.1 Å². The average Bonchev–Trinajstić information content (AvgIpc) is 1.53. The van der Waals surface area contributed by atoms with Crippen LogP contribution in [0.3, 0.4) is 0 Å². The van der Waals surface area contributed by atoms with Crippen LogP contribution in [0.4, 0.5) is 14.4 Å². The molecule has 13 rings (SSSR count). The third-order valence-corrected chi connectivity index (χ3v) is 33.2. The molecule has 0 spiro atoms. The molecule has 0 aromatic rings. The van der Waals surface area contributed by atoms with E-state index in [2.05, 4.69) is 89.4 Å². The molecule has 18 atom stereocenters. The Bertz CT molecular complexity index is 4730. The molecule has 36 nitrogen and oxygen atoms in total. The molecular formula is C105H169N15O21. The fourth-order valence-corrected chi connectivity index (χ4v) is 23.4. The first-order chi connectivity index (χ1) is 65.0. The molecule has 0 radical (unpaired) electrons.